The second-order valence-electron chi connectivity index (χ2n) is 9.61. The monoisotopic (exact) mass is 591 g/mol. The van der Waals surface area contributed by atoms with Crippen molar-refractivity contribution < 1.29 is 27.9 Å². The number of nitrogens with zero attached hydrogens (tertiary/aromatic N) is 4. The molecule has 1 aliphatic rings. The van der Waals surface area contributed by atoms with Gasteiger partial charge in [-0.15, -0.1) is 5.10 Å². The van der Waals surface area contributed by atoms with Crippen LogP contribution in [0.25, 0.3) is 5.69 Å². The number of urea groups is 1. The zero-order valence-electron chi connectivity index (χ0n) is 21.9. The van der Waals surface area contributed by atoms with Gasteiger partial charge < -0.3 is 15.7 Å². The summed E-state index contributed by atoms with van der Waals surface area (Å²) in [6.07, 6.45) is -1.39. The Balaban J connectivity index is 1.46. The van der Waals surface area contributed by atoms with E-state index < -0.39 is 30.7 Å². The molecule has 1 aromatic heterocycles. The van der Waals surface area contributed by atoms with E-state index >= 15 is 0 Å². The molecule has 0 saturated heterocycles. The number of hydrogen-bond acceptors (Lipinski definition) is 6. The number of amides is 3. The highest BCUT2D eigenvalue weighted by Gasteiger charge is 2.41. The van der Waals surface area contributed by atoms with Crippen molar-refractivity contribution in [3.63, 3.8) is 0 Å². The number of nitrogens with one attached hydrogen (secondary N) is 3. The summed E-state index contributed by atoms with van der Waals surface area (Å²) in [4.78, 5) is 30.5. The molecule has 1 heterocycles. The number of benzene rings is 2. The smallest absolute Gasteiger partial charge is 0.382 e. The molecule has 0 radical (unpaired) electrons. The molecule has 1 fully saturated rings. The summed E-state index contributed by atoms with van der Waals surface area (Å²) in [6, 6.07) is 11.5. The molecule has 41 heavy (non-hydrogen) atoms. The van der Waals surface area contributed by atoms with Crippen LogP contribution >= 0.6 is 11.6 Å². The van der Waals surface area contributed by atoms with Gasteiger partial charge in [0.05, 0.1) is 24.3 Å². The zero-order valence-corrected chi connectivity index (χ0v) is 22.6. The Kier molecular flexibility index (Phi) is 9.61. The average Bonchev–Trinajstić information content (AvgIpc) is 3.43. The molecular weight excluding hydrogens is 563 g/mol. The maximum atomic E-state index is 13.1. The number of aliphatic hydroxyl groups excluding tert-OH is 1. The minimum Gasteiger partial charge on any atom is -0.382 e. The van der Waals surface area contributed by atoms with Crippen molar-refractivity contribution in [3.8, 4) is 5.69 Å². The number of carbonyl (C=O) groups excluding carboxylic acids is 2. The number of aromatic nitrogens is 3. The van der Waals surface area contributed by atoms with E-state index in [0.717, 1.165) is 32.1 Å². The number of halogens is 4. The van der Waals surface area contributed by atoms with Crippen LogP contribution in [0.15, 0.2) is 54.9 Å². The molecule has 0 spiro atoms. The van der Waals surface area contributed by atoms with Crippen molar-refractivity contribution in [2.45, 2.75) is 57.0 Å². The Bertz CT molecular complexity index is 1370. The highest BCUT2D eigenvalue weighted by atomic mass is 35.5. The molecule has 3 aromatic rings. The second kappa shape index (κ2) is 13.1. The summed E-state index contributed by atoms with van der Waals surface area (Å²) in [7, 11) is 0. The van der Waals surface area contributed by atoms with Crippen LogP contribution < -0.4 is 10.6 Å². The van der Waals surface area contributed by atoms with Crippen molar-refractivity contribution in [3.05, 3.63) is 76.8 Å². The molecule has 218 valence electrons. The number of hydrogen-bond donors (Lipinski definition) is 4. The van der Waals surface area contributed by atoms with Crippen molar-refractivity contribution in [1.82, 2.24) is 30.3 Å². The van der Waals surface area contributed by atoms with Crippen molar-refractivity contribution in [2.24, 2.45) is 0 Å². The molecule has 1 aliphatic carbocycles. The minimum atomic E-state index is -5.00. The zero-order chi connectivity index (χ0) is 29.6. The lowest BCUT2D eigenvalue weighted by Gasteiger charge is -2.26. The number of aliphatic hydroxyl groups is 1. The first-order valence-electron chi connectivity index (χ1n) is 13.0. The summed E-state index contributed by atoms with van der Waals surface area (Å²) >= 11 is 5.85. The molecule has 10 nitrogen and oxygen atoms in total. The molecule has 4 N–H and O–H groups in total. The lowest BCUT2D eigenvalue weighted by atomic mass is 9.95. The number of carbonyl (C=O) groups is 2. The topological polar surface area (TPSA) is 136 Å². The molecule has 2 aromatic carbocycles. The van der Waals surface area contributed by atoms with E-state index in [1.54, 1.807) is 24.3 Å². The summed E-state index contributed by atoms with van der Waals surface area (Å²) in [5.74, 6) is -0.702. The van der Waals surface area contributed by atoms with Gasteiger partial charge in [-0.1, -0.05) is 43.0 Å². The van der Waals surface area contributed by atoms with Crippen LogP contribution in [-0.2, 0) is 6.54 Å². The second-order valence-corrected chi connectivity index (χ2v) is 10.0. The maximum Gasteiger partial charge on any atom is 0.416 e. The van der Waals surface area contributed by atoms with E-state index in [-0.39, 0.29) is 29.9 Å². The first kappa shape index (κ1) is 30.0. The molecule has 1 saturated carbocycles. The summed E-state index contributed by atoms with van der Waals surface area (Å²) in [5, 5.41) is 28.0. The quantitative estimate of drug-likeness (QED) is 0.227. The Hall–Kier alpha value is -3.97. The third kappa shape index (κ3) is 7.82. The van der Waals surface area contributed by atoms with Gasteiger partial charge in [0.2, 0.25) is 0 Å². The van der Waals surface area contributed by atoms with Crippen LogP contribution in [0.4, 0.5) is 18.0 Å². The Morgan fingerprint density at radius 1 is 1.12 bits per heavy atom. The van der Waals surface area contributed by atoms with E-state index in [9.17, 15) is 27.9 Å². The van der Waals surface area contributed by atoms with Gasteiger partial charge in [-0.05, 0) is 49.2 Å². The Labute approximate surface area is 239 Å². The van der Waals surface area contributed by atoms with Crippen molar-refractivity contribution in [1.29, 1.82) is 5.41 Å². The number of amidine groups is 1. The Morgan fingerprint density at radius 2 is 1.80 bits per heavy atom. The molecular formula is C27H29ClF3N7O3. The molecule has 0 aliphatic heterocycles. The van der Waals surface area contributed by atoms with Crippen molar-refractivity contribution in [2.75, 3.05) is 6.54 Å². The van der Waals surface area contributed by atoms with Gasteiger partial charge in [0.1, 0.15) is 12.2 Å². The van der Waals surface area contributed by atoms with Crippen LogP contribution in [0.3, 0.4) is 0 Å². The normalized spacial score (nSPS) is 14.8. The fourth-order valence-electron chi connectivity index (χ4n) is 4.44. The van der Waals surface area contributed by atoms with Crippen LogP contribution in [0.2, 0.25) is 5.02 Å². The van der Waals surface area contributed by atoms with Crippen LogP contribution in [-0.4, -0.2) is 67.4 Å². The van der Waals surface area contributed by atoms with Gasteiger partial charge in [0.25, 0.3) is 5.91 Å². The number of rotatable bonds is 8. The molecule has 4 rings (SSSR count). The fraction of sp³-hybridized carbons (Fsp3) is 0.370. The standard InChI is InChI=1S/C27H29ClF3N7O3/c28-18-12-10-17(11-13-18)24(32)37(15-22(39)27(29,30)31)26(41)33-14-23-34-16-38(36-23)21-9-5-4-8-20(21)25(40)35-19-6-2-1-3-7-19/h4-5,8-13,16,19,22,32,39H,1-3,6-7,14-15H2,(H,33,41)(H,35,40)/t22-/m0/s1. The summed E-state index contributed by atoms with van der Waals surface area (Å²) < 4.78 is 40.6. The summed E-state index contributed by atoms with van der Waals surface area (Å²) in [5.41, 5.74) is 0.969. The van der Waals surface area contributed by atoms with Gasteiger partial charge >= 0.3 is 12.2 Å². The predicted octanol–water partition coefficient (Wildman–Crippen LogP) is 4.44. The van der Waals surface area contributed by atoms with Gasteiger partial charge in [0, 0.05) is 16.6 Å². The fourth-order valence-corrected chi connectivity index (χ4v) is 4.56. The number of alkyl halides is 3. The average molecular weight is 592 g/mol. The first-order valence-corrected chi connectivity index (χ1v) is 13.4. The molecule has 14 heteroatoms. The third-order valence-electron chi connectivity index (χ3n) is 6.64. The molecule has 0 unspecified atom stereocenters. The van der Waals surface area contributed by atoms with Crippen molar-refractivity contribution >= 4 is 29.4 Å². The van der Waals surface area contributed by atoms with E-state index in [2.05, 4.69) is 20.7 Å². The maximum absolute atomic E-state index is 13.1. The van der Waals surface area contributed by atoms with Crippen LogP contribution in [0.1, 0.15) is 53.8 Å². The summed E-state index contributed by atoms with van der Waals surface area (Å²) in [6.45, 7) is -1.50. The molecule has 1 atom stereocenters. The van der Waals surface area contributed by atoms with E-state index in [1.165, 1.54) is 35.3 Å². The van der Waals surface area contributed by atoms with Gasteiger partial charge in [-0.3, -0.25) is 15.1 Å². The lowest BCUT2D eigenvalue weighted by molar-refractivity contribution is -0.204. The van der Waals surface area contributed by atoms with Gasteiger partial charge in [-0.25, -0.2) is 14.5 Å². The largest absolute Gasteiger partial charge is 0.416 e. The Morgan fingerprint density at radius 3 is 2.49 bits per heavy atom. The molecule has 3 amide bonds. The third-order valence-corrected chi connectivity index (χ3v) is 6.89. The SMILES string of the molecule is N=C(c1ccc(Cl)cc1)N(C[C@H](O)C(F)(F)F)C(=O)NCc1ncn(-c2ccccc2C(=O)NC2CCCCC2)n1. The predicted molar refractivity (Wildman–Crippen MR) is 145 cm³/mol. The number of para-hydroxylation sites is 1. The van der Waals surface area contributed by atoms with E-state index in [0.29, 0.717) is 21.2 Å². The first-order chi connectivity index (χ1) is 19.5. The van der Waals surface area contributed by atoms with Crippen LogP contribution in [0, 0.1) is 5.41 Å². The highest BCUT2D eigenvalue weighted by molar-refractivity contribution is 6.30. The van der Waals surface area contributed by atoms with Gasteiger partial charge in [0.15, 0.2) is 11.9 Å². The van der Waals surface area contributed by atoms with E-state index in [4.69, 9.17) is 17.0 Å². The minimum absolute atomic E-state index is 0.107. The van der Waals surface area contributed by atoms with E-state index in [1.807, 2.05) is 0 Å². The van der Waals surface area contributed by atoms with Crippen LogP contribution in [0.5, 0.6) is 0 Å². The van der Waals surface area contributed by atoms with Gasteiger partial charge in [-0.2, -0.15) is 13.2 Å². The highest BCUT2D eigenvalue weighted by Crippen LogP contribution is 2.22. The molecule has 0 bridgehead atoms. The lowest BCUT2D eigenvalue weighted by Crippen LogP contribution is -2.50.